The molecule has 0 atom stereocenters. The van der Waals surface area contributed by atoms with Crippen molar-refractivity contribution in [3.8, 4) is 0 Å². The van der Waals surface area contributed by atoms with Crippen LogP contribution in [0.3, 0.4) is 0 Å². The van der Waals surface area contributed by atoms with E-state index in [4.69, 9.17) is 0 Å². The fourth-order valence-electron chi connectivity index (χ4n) is 0.681. The van der Waals surface area contributed by atoms with Gasteiger partial charge in [0.1, 0.15) is 11.9 Å². The highest BCUT2D eigenvalue weighted by Gasteiger charge is 2.07. The predicted octanol–water partition coefficient (Wildman–Crippen LogP) is 1.35. The van der Waals surface area contributed by atoms with Gasteiger partial charge in [-0.15, -0.1) is 0 Å². The fourth-order valence-corrected chi connectivity index (χ4v) is 0.681. The van der Waals surface area contributed by atoms with Crippen molar-refractivity contribution in [3.05, 3.63) is 28.1 Å². The van der Waals surface area contributed by atoms with Gasteiger partial charge in [-0.25, -0.2) is 4.98 Å². The number of H-pyrrole nitrogens is 1. The predicted molar refractivity (Wildman–Crippen MR) is 40.0 cm³/mol. The maximum absolute atomic E-state index is 10.1. The Bertz CT molecular complexity index is 290. The lowest BCUT2D eigenvalue weighted by Gasteiger charge is -1.85. The first-order valence-corrected chi connectivity index (χ1v) is 3.06. The number of nitrogens with one attached hydrogen (secondary N) is 1. The number of hydrogen-bond donors (Lipinski definition) is 1. The molecule has 58 valence electrons. The van der Waals surface area contributed by atoms with Crippen LogP contribution in [0.5, 0.6) is 0 Å². The van der Waals surface area contributed by atoms with Crippen LogP contribution in [0.4, 0.5) is 5.95 Å². The van der Waals surface area contributed by atoms with Crippen LogP contribution >= 0.6 is 0 Å². The second-order valence-corrected chi connectivity index (χ2v) is 1.92. The first kappa shape index (κ1) is 7.46. The highest BCUT2D eigenvalue weighted by Crippen LogP contribution is 2.05. The average molecular weight is 153 g/mol. The summed E-state index contributed by atoms with van der Waals surface area (Å²) in [5.74, 6) is -0.224. The van der Waals surface area contributed by atoms with Crippen molar-refractivity contribution in [2.75, 3.05) is 0 Å². The number of nitro groups is 1. The number of aromatic amines is 1. The van der Waals surface area contributed by atoms with E-state index in [1.165, 1.54) is 6.20 Å². The molecule has 1 heterocycles. The van der Waals surface area contributed by atoms with Crippen LogP contribution in [0.25, 0.3) is 6.08 Å². The molecule has 1 aromatic heterocycles. The van der Waals surface area contributed by atoms with Crippen LogP contribution in [0.2, 0.25) is 0 Å². The Morgan fingerprint density at radius 1 is 1.82 bits per heavy atom. The molecule has 11 heavy (non-hydrogen) atoms. The van der Waals surface area contributed by atoms with Gasteiger partial charge < -0.3 is 10.1 Å². The summed E-state index contributed by atoms with van der Waals surface area (Å²) in [6.07, 6.45) is 4.90. The molecule has 0 unspecified atom stereocenters. The summed E-state index contributed by atoms with van der Waals surface area (Å²) >= 11 is 0. The van der Waals surface area contributed by atoms with Gasteiger partial charge in [0.05, 0.1) is 0 Å². The van der Waals surface area contributed by atoms with Gasteiger partial charge in [0.2, 0.25) is 0 Å². The number of rotatable bonds is 2. The van der Waals surface area contributed by atoms with E-state index in [0.717, 1.165) is 0 Å². The molecule has 5 nitrogen and oxygen atoms in total. The van der Waals surface area contributed by atoms with Crippen molar-refractivity contribution >= 4 is 12.0 Å². The van der Waals surface area contributed by atoms with Gasteiger partial charge in [0, 0.05) is 0 Å². The van der Waals surface area contributed by atoms with E-state index in [9.17, 15) is 10.1 Å². The molecule has 0 bridgehead atoms. The first-order chi connectivity index (χ1) is 5.24. The number of nitrogens with zero attached hydrogens (tertiary/aromatic N) is 2. The van der Waals surface area contributed by atoms with Crippen LogP contribution in [0.15, 0.2) is 12.3 Å². The molecule has 1 aromatic rings. The molecule has 0 saturated carbocycles. The van der Waals surface area contributed by atoms with Crippen molar-refractivity contribution in [1.29, 1.82) is 0 Å². The summed E-state index contributed by atoms with van der Waals surface area (Å²) in [4.78, 5) is 15.6. The maximum Gasteiger partial charge on any atom is 0.432 e. The van der Waals surface area contributed by atoms with Gasteiger partial charge in [-0.1, -0.05) is 11.1 Å². The molecule has 5 heteroatoms. The molecule has 0 aliphatic heterocycles. The molecule has 0 spiro atoms. The maximum atomic E-state index is 10.1. The van der Waals surface area contributed by atoms with E-state index in [-0.39, 0.29) is 5.95 Å². The van der Waals surface area contributed by atoms with E-state index in [0.29, 0.717) is 5.69 Å². The number of aromatic nitrogens is 2. The van der Waals surface area contributed by atoms with Gasteiger partial charge in [-0.3, -0.25) is 0 Å². The Morgan fingerprint density at radius 3 is 3.00 bits per heavy atom. The van der Waals surface area contributed by atoms with E-state index in [1.807, 2.05) is 6.92 Å². The Morgan fingerprint density at radius 2 is 2.55 bits per heavy atom. The topological polar surface area (TPSA) is 71.8 Å². The standard InChI is InChI=1S/C6H7N3O2/c1-2-3-5-4-7-6(8-5)9(10)11/h2-4H,1H3,(H,7,8). The summed E-state index contributed by atoms with van der Waals surface area (Å²) in [6, 6.07) is 0. The third kappa shape index (κ3) is 1.64. The lowest BCUT2D eigenvalue weighted by atomic mass is 10.4. The third-order valence-electron chi connectivity index (χ3n) is 1.10. The average Bonchev–Trinajstić information content (AvgIpc) is 2.37. The summed E-state index contributed by atoms with van der Waals surface area (Å²) < 4.78 is 0. The largest absolute Gasteiger partial charge is 0.432 e. The van der Waals surface area contributed by atoms with E-state index in [2.05, 4.69) is 9.97 Å². The lowest BCUT2D eigenvalue weighted by molar-refractivity contribution is -0.393. The van der Waals surface area contributed by atoms with Crippen LogP contribution in [-0.4, -0.2) is 14.9 Å². The van der Waals surface area contributed by atoms with Gasteiger partial charge in [0.15, 0.2) is 0 Å². The minimum atomic E-state index is -0.562. The summed E-state index contributed by atoms with van der Waals surface area (Å²) in [5.41, 5.74) is 0.638. The zero-order valence-corrected chi connectivity index (χ0v) is 5.94. The van der Waals surface area contributed by atoms with Gasteiger partial charge >= 0.3 is 5.95 Å². The minimum Gasteiger partial charge on any atom is -0.390 e. The molecule has 0 aliphatic rings. The first-order valence-electron chi connectivity index (χ1n) is 3.06. The molecule has 0 aromatic carbocycles. The molecule has 0 fully saturated rings. The van der Waals surface area contributed by atoms with Gasteiger partial charge in [-0.2, -0.15) is 0 Å². The van der Waals surface area contributed by atoms with Crippen molar-refractivity contribution in [2.24, 2.45) is 0 Å². The second-order valence-electron chi connectivity index (χ2n) is 1.92. The Kier molecular flexibility index (Phi) is 2.00. The Labute approximate surface area is 62.9 Å². The van der Waals surface area contributed by atoms with Gasteiger partial charge in [0.25, 0.3) is 0 Å². The molecule has 0 aliphatic carbocycles. The lowest BCUT2D eigenvalue weighted by Crippen LogP contribution is -1.88. The van der Waals surface area contributed by atoms with Crippen LogP contribution in [0.1, 0.15) is 12.6 Å². The summed E-state index contributed by atoms with van der Waals surface area (Å²) in [6.45, 7) is 1.83. The quantitative estimate of drug-likeness (QED) is 0.514. The Balaban J connectivity index is 2.90. The zero-order valence-electron chi connectivity index (χ0n) is 5.94. The molecular formula is C6H7N3O2. The monoisotopic (exact) mass is 153 g/mol. The third-order valence-corrected chi connectivity index (χ3v) is 1.10. The molecule has 0 amide bonds. The van der Waals surface area contributed by atoms with E-state index >= 15 is 0 Å². The molecule has 1 N–H and O–H groups in total. The molecule has 1 rings (SSSR count). The normalized spacial score (nSPS) is 10.6. The smallest absolute Gasteiger partial charge is 0.390 e. The second kappa shape index (κ2) is 2.96. The van der Waals surface area contributed by atoms with Crippen LogP contribution < -0.4 is 0 Å². The highest BCUT2D eigenvalue weighted by atomic mass is 16.6. The van der Waals surface area contributed by atoms with Crippen molar-refractivity contribution in [3.63, 3.8) is 0 Å². The van der Waals surface area contributed by atoms with Crippen molar-refractivity contribution < 1.29 is 4.92 Å². The Hall–Kier alpha value is -1.65. The van der Waals surface area contributed by atoms with E-state index < -0.39 is 4.92 Å². The number of allylic oxidation sites excluding steroid dienone is 1. The summed E-state index contributed by atoms with van der Waals surface area (Å²) in [7, 11) is 0. The molecular weight excluding hydrogens is 146 g/mol. The summed E-state index contributed by atoms with van der Waals surface area (Å²) in [5, 5.41) is 10.1. The SMILES string of the molecule is CC=Cc1cnc([N+](=O)[O-])[nH]1. The van der Waals surface area contributed by atoms with Crippen molar-refractivity contribution in [2.45, 2.75) is 6.92 Å². The zero-order chi connectivity index (χ0) is 8.27. The number of imidazole rings is 1. The molecule has 0 radical (unpaired) electrons. The van der Waals surface area contributed by atoms with Crippen molar-refractivity contribution in [1.82, 2.24) is 9.97 Å². The fraction of sp³-hybridized carbons (Fsp3) is 0.167. The van der Waals surface area contributed by atoms with Crippen LogP contribution in [-0.2, 0) is 0 Å². The van der Waals surface area contributed by atoms with Crippen LogP contribution in [0, 0.1) is 10.1 Å². The number of hydrogen-bond acceptors (Lipinski definition) is 3. The molecule has 0 saturated heterocycles. The minimum absolute atomic E-state index is 0.224. The van der Waals surface area contributed by atoms with E-state index in [1.54, 1.807) is 12.2 Å². The van der Waals surface area contributed by atoms with Gasteiger partial charge in [-0.05, 0) is 17.9 Å². The highest BCUT2D eigenvalue weighted by molar-refractivity contribution is 5.43.